The highest BCUT2D eigenvalue weighted by atomic mass is 79.9. The molecule has 0 spiro atoms. The number of carbonyl (C=O) groups excluding carboxylic acids is 1. The van der Waals surface area contributed by atoms with Crippen LogP contribution in [-0.2, 0) is 9.53 Å². The lowest BCUT2D eigenvalue weighted by atomic mass is 9.95. The molecule has 42 heavy (non-hydrogen) atoms. The van der Waals surface area contributed by atoms with E-state index >= 15 is 0 Å². The van der Waals surface area contributed by atoms with Crippen LogP contribution in [0.15, 0.2) is 54.2 Å². The summed E-state index contributed by atoms with van der Waals surface area (Å²) in [7, 11) is 7.32. The number of furan rings is 1. The number of hydrogen-bond donors (Lipinski definition) is 0. The van der Waals surface area contributed by atoms with E-state index in [9.17, 15) is 9.59 Å². The molecule has 1 atom stereocenters. The third-order valence-corrected chi connectivity index (χ3v) is 9.38. The number of fused-ring (bicyclic) bond motifs is 1. The number of benzene rings is 1. The fourth-order valence-electron chi connectivity index (χ4n) is 5.49. The van der Waals surface area contributed by atoms with Crippen molar-refractivity contribution in [2.24, 2.45) is 4.99 Å². The van der Waals surface area contributed by atoms with Gasteiger partial charge < -0.3 is 28.4 Å². The molecule has 12 heteroatoms. The van der Waals surface area contributed by atoms with Gasteiger partial charge in [-0.1, -0.05) is 27.3 Å². The molecule has 3 aromatic rings. The maximum atomic E-state index is 14.0. The largest absolute Gasteiger partial charge is 0.493 e. The van der Waals surface area contributed by atoms with Crippen LogP contribution in [0.2, 0.25) is 0 Å². The van der Waals surface area contributed by atoms with Gasteiger partial charge in [0.25, 0.3) is 5.56 Å². The summed E-state index contributed by atoms with van der Waals surface area (Å²) in [5.41, 5.74) is 1.11. The average Bonchev–Trinajstić information content (AvgIpc) is 3.56. The molecule has 2 aliphatic rings. The van der Waals surface area contributed by atoms with Crippen molar-refractivity contribution in [2.75, 3.05) is 52.9 Å². The predicted molar refractivity (Wildman–Crippen MR) is 165 cm³/mol. The Balaban J connectivity index is 1.58. The number of halogens is 1. The van der Waals surface area contributed by atoms with E-state index in [0.29, 0.717) is 48.4 Å². The number of rotatable bonds is 8. The van der Waals surface area contributed by atoms with Crippen LogP contribution in [0.5, 0.6) is 11.5 Å². The van der Waals surface area contributed by atoms with Crippen LogP contribution < -0.4 is 29.3 Å². The SMILES string of the molecule is CCOC(=O)C1=C(C)N=c2s/c(=C\c3ccc(N4CCC(N(C)C)CC4)o3)c(=O)n2[C@H]1c1cc(OC)c(OC)cc1Br. The number of piperidine rings is 1. The number of carbonyl (C=O) groups is 1. The van der Waals surface area contributed by atoms with Crippen LogP contribution >= 0.6 is 27.3 Å². The number of thiazole rings is 1. The Bertz CT molecular complexity index is 1700. The minimum Gasteiger partial charge on any atom is -0.493 e. The third-order valence-electron chi connectivity index (χ3n) is 7.71. The summed E-state index contributed by atoms with van der Waals surface area (Å²) in [5.74, 6) is 1.81. The first-order chi connectivity index (χ1) is 20.2. The summed E-state index contributed by atoms with van der Waals surface area (Å²) >= 11 is 4.88. The first kappa shape index (κ1) is 30.1. The van der Waals surface area contributed by atoms with E-state index in [1.165, 1.54) is 23.0 Å². The molecule has 0 N–H and O–H groups in total. The second-order valence-corrected chi connectivity index (χ2v) is 12.3. The van der Waals surface area contributed by atoms with Gasteiger partial charge in [0.15, 0.2) is 22.2 Å². The van der Waals surface area contributed by atoms with Gasteiger partial charge in [-0.15, -0.1) is 0 Å². The zero-order valence-corrected chi connectivity index (χ0v) is 27.0. The number of anilines is 1. The highest BCUT2D eigenvalue weighted by molar-refractivity contribution is 9.10. The molecule has 4 heterocycles. The number of allylic oxidation sites excluding steroid dienone is 1. The molecule has 1 fully saturated rings. The fraction of sp³-hybridized carbons (Fsp3) is 0.433. The van der Waals surface area contributed by atoms with Crippen molar-refractivity contribution >= 4 is 45.2 Å². The molecular weight excluding hydrogens is 624 g/mol. The molecule has 2 aliphatic heterocycles. The van der Waals surface area contributed by atoms with Gasteiger partial charge >= 0.3 is 5.97 Å². The number of aromatic nitrogens is 1. The minimum atomic E-state index is -0.804. The van der Waals surface area contributed by atoms with E-state index in [1.54, 1.807) is 39.2 Å². The molecule has 0 unspecified atom stereocenters. The molecule has 0 saturated carbocycles. The second kappa shape index (κ2) is 12.5. The quantitative estimate of drug-likeness (QED) is 0.338. The van der Waals surface area contributed by atoms with Gasteiger partial charge in [-0.2, -0.15) is 0 Å². The molecule has 0 aliphatic carbocycles. The first-order valence-electron chi connectivity index (χ1n) is 13.8. The average molecular weight is 660 g/mol. The van der Waals surface area contributed by atoms with Crippen LogP contribution in [0, 0.1) is 0 Å². The first-order valence-corrected chi connectivity index (χ1v) is 15.4. The lowest BCUT2D eigenvalue weighted by molar-refractivity contribution is -0.139. The Kier molecular flexibility index (Phi) is 8.95. The maximum Gasteiger partial charge on any atom is 0.338 e. The molecule has 1 saturated heterocycles. The minimum absolute atomic E-state index is 0.188. The highest BCUT2D eigenvalue weighted by Crippen LogP contribution is 2.40. The van der Waals surface area contributed by atoms with Gasteiger partial charge in [0.2, 0.25) is 0 Å². The fourth-order valence-corrected chi connectivity index (χ4v) is 7.05. The van der Waals surface area contributed by atoms with Crippen LogP contribution in [0.1, 0.15) is 44.1 Å². The number of ether oxygens (including phenoxy) is 3. The molecule has 0 amide bonds. The van der Waals surface area contributed by atoms with E-state index in [2.05, 4.69) is 44.8 Å². The molecule has 0 bridgehead atoms. The van der Waals surface area contributed by atoms with Crippen LogP contribution in [0.4, 0.5) is 5.88 Å². The monoisotopic (exact) mass is 658 g/mol. The number of methoxy groups -OCH3 is 2. The zero-order chi connectivity index (χ0) is 30.1. The molecular formula is C30H35BrN4O6S. The Hall–Kier alpha value is -3.35. The van der Waals surface area contributed by atoms with Crippen molar-refractivity contribution in [1.29, 1.82) is 0 Å². The van der Waals surface area contributed by atoms with Crippen molar-refractivity contribution in [3.05, 3.63) is 71.0 Å². The molecule has 1 aromatic carbocycles. The van der Waals surface area contributed by atoms with E-state index in [1.807, 2.05) is 12.1 Å². The predicted octanol–water partition coefficient (Wildman–Crippen LogP) is 3.70. The van der Waals surface area contributed by atoms with Crippen molar-refractivity contribution < 1.29 is 23.4 Å². The highest BCUT2D eigenvalue weighted by Gasteiger charge is 2.35. The molecule has 10 nitrogen and oxygen atoms in total. The molecule has 2 aromatic heterocycles. The Labute approximate surface area is 256 Å². The Morgan fingerprint density at radius 1 is 1.19 bits per heavy atom. The van der Waals surface area contributed by atoms with Gasteiger partial charge in [-0.25, -0.2) is 9.79 Å². The summed E-state index contributed by atoms with van der Waals surface area (Å²) < 4.78 is 25.2. The lowest BCUT2D eigenvalue weighted by Crippen LogP contribution is -2.41. The van der Waals surface area contributed by atoms with Gasteiger partial charge in [-0.05, 0) is 64.5 Å². The van der Waals surface area contributed by atoms with Crippen LogP contribution in [-0.4, -0.2) is 69.5 Å². The van der Waals surface area contributed by atoms with Gasteiger partial charge in [0.1, 0.15) is 5.76 Å². The number of hydrogen-bond acceptors (Lipinski definition) is 10. The lowest BCUT2D eigenvalue weighted by Gasteiger charge is -2.35. The van der Waals surface area contributed by atoms with Crippen molar-refractivity contribution in [2.45, 2.75) is 38.8 Å². The topological polar surface area (TPSA) is 98.7 Å². The Morgan fingerprint density at radius 2 is 1.88 bits per heavy atom. The summed E-state index contributed by atoms with van der Waals surface area (Å²) in [6.07, 6.45) is 3.87. The summed E-state index contributed by atoms with van der Waals surface area (Å²) in [5, 5.41) is 0. The molecule has 5 rings (SSSR count). The number of nitrogens with zero attached hydrogens (tertiary/aromatic N) is 4. The van der Waals surface area contributed by atoms with Crippen molar-refractivity contribution in [3.63, 3.8) is 0 Å². The van der Waals surface area contributed by atoms with Crippen molar-refractivity contribution in [1.82, 2.24) is 9.47 Å². The van der Waals surface area contributed by atoms with Gasteiger partial charge in [0, 0.05) is 35.7 Å². The van der Waals surface area contributed by atoms with Gasteiger partial charge in [-0.3, -0.25) is 9.36 Å². The van der Waals surface area contributed by atoms with Crippen LogP contribution in [0.3, 0.4) is 0 Å². The van der Waals surface area contributed by atoms with Gasteiger partial charge in [0.05, 0.1) is 42.7 Å². The zero-order valence-electron chi connectivity index (χ0n) is 24.6. The maximum absolute atomic E-state index is 14.0. The van der Waals surface area contributed by atoms with Crippen molar-refractivity contribution in [3.8, 4) is 11.5 Å². The standard InChI is InChI=1S/C30H35BrN4O6S/c1-7-40-29(37)26-17(2)32-30-35(27(26)20-15-22(38-5)23(39-6)16-21(20)31)28(36)24(42-30)14-19-8-9-25(41-19)34-12-10-18(11-13-34)33(3)4/h8-9,14-16,18,27H,7,10-13H2,1-6H3/b24-14-/t27-/m0/s1. The smallest absolute Gasteiger partial charge is 0.338 e. The van der Waals surface area contributed by atoms with E-state index < -0.39 is 12.0 Å². The number of esters is 1. The van der Waals surface area contributed by atoms with E-state index in [-0.39, 0.29) is 17.7 Å². The van der Waals surface area contributed by atoms with E-state index in [0.717, 1.165) is 31.8 Å². The summed E-state index contributed by atoms with van der Waals surface area (Å²) in [4.78, 5) is 36.9. The second-order valence-electron chi connectivity index (χ2n) is 10.4. The van der Waals surface area contributed by atoms with E-state index in [4.69, 9.17) is 18.6 Å². The van der Waals surface area contributed by atoms with Crippen LogP contribution in [0.25, 0.3) is 6.08 Å². The Morgan fingerprint density at radius 3 is 2.52 bits per heavy atom. The normalized spacial score (nSPS) is 17.9. The summed E-state index contributed by atoms with van der Waals surface area (Å²) in [6, 6.07) is 7.12. The summed E-state index contributed by atoms with van der Waals surface area (Å²) in [6.45, 7) is 5.51. The molecule has 224 valence electrons. The third kappa shape index (κ3) is 5.67. The molecule has 0 radical (unpaired) electrons.